The fourth-order valence-electron chi connectivity index (χ4n) is 3.10. The molecule has 0 fully saturated rings. The number of ether oxygens (including phenoxy) is 3. The molecule has 0 amide bonds. The molecule has 0 aromatic heterocycles. The van der Waals surface area contributed by atoms with Gasteiger partial charge in [-0.15, -0.1) is 0 Å². The van der Waals surface area contributed by atoms with E-state index in [2.05, 4.69) is 0 Å². The first kappa shape index (κ1) is 19.7. The highest BCUT2D eigenvalue weighted by atomic mass is 19.1. The minimum atomic E-state index is -0.491. The number of halogens is 1. The summed E-state index contributed by atoms with van der Waals surface area (Å²) in [5, 5.41) is 0. The van der Waals surface area contributed by atoms with Gasteiger partial charge in [-0.05, 0) is 47.5 Å². The van der Waals surface area contributed by atoms with Crippen molar-refractivity contribution in [2.24, 2.45) is 0 Å². The van der Waals surface area contributed by atoms with Crippen LogP contribution in [0.2, 0.25) is 0 Å². The van der Waals surface area contributed by atoms with E-state index in [0.717, 1.165) is 17.5 Å². The highest BCUT2D eigenvalue weighted by Crippen LogP contribution is 2.31. The van der Waals surface area contributed by atoms with E-state index in [-0.39, 0.29) is 11.3 Å². The number of benzene rings is 3. The number of allylic oxidation sites excluding steroid dienone is 1. The SMILES string of the molecule is O=C(C=Cc1ccc2c(c1)OCCCO2)c1cc(F)ccc1OCc1ccccc1. The van der Waals surface area contributed by atoms with Gasteiger partial charge in [0.2, 0.25) is 0 Å². The second-order valence-electron chi connectivity index (χ2n) is 6.87. The summed E-state index contributed by atoms with van der Waals surface area (Å²) in [6.07, 6.45) is 3.90. The fraction of sp³-hybridized carbons (Fsp3) is 0.160. The highest BCUT2D eigenvalue weighted by Gasteiger charge is 2.13. The molecular formula is C25H21FO4. The topological polar surface area (TPSA) is 44.8 Å². The molecule has 3 aromatic rings. The fourth-order valence-corrected chi connectivity index (χ4v) is 3.10. The molecule has 1 aliphatic heterocycles. The summed E-state index contributed by atoms with van der Waals surface area (Å²) in [6, 6.07) is 19.0. The molecule has 152 valence electrons. The Bertz CT molecular complexity index is 1060. The summed E-state index contributed by atoms with van der Waals surface area (Å²) >= 11 is 0. The second kappa shape index (κ2) is 9.27. The van der Waals surface area contributed by atoms with Gasteiger partial charge in [-0.3, -0.25) is 4.79 Å². The maximum Gasteiger partial charge on any atom is 0.189 e. The van der Waals surface area contributed by atoms with E-state index >= 15 is 0 Å². The lowest BCUT2D eigenvalue weighted by molar-refractivity contribution is 0.104. The first-order chi connectivity index (χ1) is 14.7. The molecule has 4 nitrogen and oxygen atoms in total. The summed E-state index contributed by atoms with van der Waals surface area (Å²) in [7, 11) is 0. The Labute approximate surface area is 174 Å². The Morgan fingerprint density at radius 2 is 1.77 bits per heavy atom. The van der Waals surface area contributed by atoms with Crippen molar-refractivity contribution >= 4 is 11.9 Å². The number of carbonyl (C=O) groups is 1. The van der Waals surface area contributed by atoms with Gasteiger partial charge in [-0.2, -0.15) is 0 Å². The van der Waals surface area contributed by atoms with Gasteiger partial charge in [0, 0.05) is 6.42 Å². The van der Waals surface area contributed by atoms with Crippen molar-refractivity contribution in [3.05, 3.63) is 95.3 Å². The maximum atomic E-state index is 13.8. The maximum absolute atomic E-state index is 13.8. The van der Waals surface area contributed by atoms with Crippen LogP contribution >= 0.6 is 0 Å². The third kappa shape index (κ3) is 4.87. The number of rotatable bonds is 6. The lowest BCUT2D eigenvalue weighted by Gasteiger charge is -2.10. The van der Waals surface area contributed by atoms with E-state index in [1.807, 2.05) is 48.5 Å². The van der Waals surface area contributed by atoms with Crippen LogP contribution < -0.4 is 14.2 Å². The molecule has 0 spiro atoms. The quantitative estimate of drug-likeness (QED) is 0.404. The molecule has 0 saturated carbocycles. The van der Waals surface area contributed by atoms with E-state index in [1.54, 1.807) is 6.08 Å². The van der Waals surface area contributed by atoms with E-state index in [9.17, 15) is 9.18 Å². The van der Waals surface area contributed by atoms with E-state index in [0.29, 0.717) is 37.1 Å². The molecule has 5 heteroatoms. The largest absolute Gasteiger partial charge is 0.490 e. The van der Waals surface area contributed by atoms with Crippen molar-refractivity contribution in [1.82, 2.24) is 0 Å². The first-order valence-corrected chi connectivity index (χ1v) is 9.77. The average molecular weight is 404 g/mol. The number of carbonyl (C=O) groups excluding carboxylic acids is 1. The number of ketones is 1. The van der Waals surface area contributed by atoms with Crippen LogP contribution in [-0.2, 0) is 6.61 Å². The normalized spacial score (nSPS) is 13.1. The molecule has 30 heavy (non-hydrogen) atoms. The van der Waals surface area contributed by atoms with E-state index in [4.69, 9.17) is 14.2 Å². The molecule has 1 heterocycles. The van der Waals surface area contributed by atoms with E-state index in [1.165, 1.54) is 24.3 Å². The van der Waals surface area contributed by atoms with Crippen LogP contribution in [0.4, 0.5) is 4.39 Å². The standard InChI is InChI=1S/C25H21FO4/c26-20-9-12-23(30-17-19-5-2-1-3-6-19)21(16-20)22(27)10-7-18-8-11-24-25(15-18)29-14-4-13-28-24/h1-3,5-12,15-16H,4,13-14,17H2. The van der Waals surface area contributed by atoms with Gasteiger partial charge >= 0.3 is 0 Å². The van der Waals surface area contributed by atoms with Crippen LogP contribution in [-0.4, -0.2) is 19.0 Å². The molecular weight excluding hydrogens is 383 g/mol. The summed E-state index contributed by atoms with van der Waals surface area (Å²) in [4.78, 5) is 12.8. The zero-order valence-electron chi connectivity index (χ0n) is 16.3. The van der Waals surface area contributed by atoms with Crippen molar-refractivity contribution in [2.75, 3.05) is 13.2 Å². The van der Waals surface area contributed by atoms with Gasteiger partial charge in [-0.1, -0.05) is 42.5 Å². The molecule has 0 atom stereocenters. The monoisotopic (exact) mass is 404 g/mol. The third-order valence-corrected chi connectivity index (χ3v) is 4.64. The molecule has 4 rings (SSSR count). The molecule has 0 N–H and O–H groups in total. The van der Waals surface area contributed by atoms with Crippen LogP contribution in [0.25, 0.3) is 6.08 Å². The minimum absolute atomic E-state index is 0.177. The smallest absolute Gasteiger partial charge is 0.189 e. The van der Waals surface area contributed by atoms with Crippen LogP contribution in [0.1, 0.15) is 27.9 Å². The lowest BCUT2D eigenvalue weighted by atomic mass is 10.1. The molecule has 3 aromatic carbocycles. The van der Waals surface area contributed by atoms with Gasteiger partial charge < -0.3 is 14.2 Å². The van der Waals surface area contributed by atoms with Crippen LogP contribution in [0, 0.1) is 5.82 Å². The van der Waals surface area contributed by atoms with Crippen molar-refractivity contribution < 1.29 is 23.4 Å². The van der Waals surface area contributed by atoms with Gasteiger partial charge in [0.15, 0.2) is 17.3 Å². The Hall–Kier alpha value is -3.60. The predicted octanol–water partition coefficient (Wildman–Crippen LogP) is 5.46. The molecule has 0 unspecified atom stereocenters. The Morgan fingerprint density at radius 3 is 2.60 bits per heavy atom. The van der Waals surface area contributed by atoms with Gasteiger partial charge in [0.1, 0.15) is 18.2 Å². The average Bonchev–Trinajstić information content (AvgIpc) is 3.02. The minimum Gasteiger partial charge on any atom is -0.490 e. The number of hydrogen-bond acceptors (Lipinski definition) is 4. The van der Waals surface area contributed by atoms with Crippen LogP contribution in [0.3, 0.4) is 0 Å². The summed E-state index contributed by atoms with van der Waals surface area (Å²) < 4.78 is 30.9. The zero-order chi connectivity index (χ0) is 20.8. The zero-order valence-corrected chi connectivity index (χ0v) is 16.3. The van der Waals surface area contributed by atoms with E-state index < -0.39 is 5.82 Å². The van der Waals surface area contributed by atoms with Crippen LogP contribution in [0.5, 0.6) is 17.2 Å². The molecule has 0 radical (unpaired) electrons. The molecule has 1 aliphatic rings. The van der Waals surface area contributed by atoms with Crippen molar-refractivity contribution in [3.63, 3.8) is 0 Å². The predicted molar refractivity (Wildman–Crippen MR) is 113 cm³/mol. The van der Waals surface area contributed by atoms with Crippen molar-refractivity contribution in [1.29, 1.82) is 0 Å². The van der Waals surface area contributed by atoms with Gasteiger partial charge in [-0.25, -0.2) is 4.39 Å². The molecule has 0 saturated heterocycles. The number of hydrogen-bond donors (Lipinski definition) is 0. The van der Waals surface area contributed by atoms with Crippen LogP contribution in [0.15, 0.2) is 72.8 Å². The first-order valence-electron chi connectivity index (χ1n) is 9.77. The lowest BCUT2D eigenvalue weighted by Crippen LogP contribution is -2.03. The summed E-state index contributed by atoms with van der Waals surface area (Å²) in [5.74, 6) is 0.852. The third-order valence-electron chi connectivity index (χ3n) is 4.64. The second-order valence-corrected chi connectivity index (χ2v) is 6.87. The Balaban J connectivity index is 1.51. The Kier molecular flexibility index (Phi) is 6.09. The number of fused-ring (bicyclic) bond motifs is 1. The summed E-state index contributed by atoms with van der Waals surface area (Å²) in [6.45, 7) is 1.50. The summed E-state index contributed by atoms with van der Waals surface area (Å²) in [5.41, 5.74) is 1.93. The molecule has 0 aliphatic carbocycles. The highest BCUT2D eigenvalue weighted by molar-refractivity contribution is 6.08. The van der Waals surface area contributed by atoms with Crippen molar-refractivity contribution in [2.45, 2.75) is 13.0 Å². The molecule has 0 bridgehead atoms. The van der Waals surface area contributed by atoms with Gasteiger partial charge in [0.05, 0.1) is 18.8 Å². The van der Waals surface area contributed by atoms with Crippen molar-refractivity contribution in [3.8, 4) is 17.2 Å². The van der Waals surface area contributed by atoms with Gasteiger partial charge in [0.25, 0.3) is 0 Å². The Morgan fingerprint density at radius 1 is 0.967 bits per heavy atom.